The zero-order valence-electron chi connectivity index (χ0n) is 17.8. The largest absolute Gasteiger partial charge is 0.481 e. The first-order chi connectivity index (χ1) is 12.9. The van der Waals surface area contributed by atoms with E-state index in [0.717, 1.165) is 16.8 Å². The van der Waals surface area contributed by atoms with Crippen LogP contribution in [0.15, 0.2) is 6.07 Å². The highest BCUT2D eigenvalue weighted by molar-refractivity contribution is 6.07. The fourth-order valence-corrected chi connectivity index (χ4v) is 3.86. The van der Waals surface area contributed by atoms with Crippen LogP contribution in [0.3, 0.4) is 0 Å². The Bertz CT molecular complexity index is 939. The summed E-state index contributed by atoms with van der Waals surface area (Å²) in [6.45, 7) is 14.7. The Morgan fingerprint density at radius 2 is 1.89 bits per heavy atom. The molecule has 0 spiro atoms. The molecule has 0 radical (unpaired) electrons. The fraction of sp³-hybridized carbons (Fsp3) is 0.619. The average molecular weight is 386 g/mol. The molecule has 1 saturated heterocycles. The number of carboxylic acid groups (broad SMARTS) is 1. The van der Waals surface area contributed by atoms with Gasteiger partial charge in [-0.2, -0.15) is 5.10 Å². The Labute approximate surface area is 165 Å². The first kappa shape index (κ1) is 20.3. The smallest absolute Gasteiger partial charge is 0.308 e. The SMILES string of the molecule is Cc1nn(C(C)(C)C)c2nc(C(C)C)cc(C(=O)N3C[C@@H](C)[C@H](C(=O)O)C3)c12. The maximum atomic E-state index is 13.4. The van der Waals surface area contributed by atoms with Crippen LogP contribution in [-0.4, -0.2) is 49.7 Å². The van der Waals surface area contributed by atoms with Gasteiger partial charge in [0.2, 0.25) is 0 Å². The molecule has 0 aromatic carbocycles. The van der Waals surface area contributed by atoms with Gasteiger partial charge in [0.15, 0.2) is 5.65 Å². The van der Waals surface area contributed by atoms with Gasteiger partial charge in [0.1, 0.15) is 0 Å². The first-order valence-electron chi connectivity index (χ1n) is 9.84. The standard InChI is InChI=1S/C21H30N4O3/c1-11(2)16-8-14(19(26)24-9-12(3)15(10-24)20(27)28)17-13(4)23-25(18(17)22-16)21(5,6)7/h8,11-12,15H,9-10H2,1-7H3,(H,27,28)/t12-,15-/m1/s1. The third-order valence-electron chi connectivity index (χ3n) is 5.51. The monoisotopic (exact) mass is 386 g/mol. The molecule has 2 aromatic heterocycles. The molecule has 152 valence electrons. The minimum Gasteiger partial charge on any atom is -0.481 e. The number of carbonyl (C=O) groups excluding carboxylic acids is 1. The molecule has 1 fully saturated rings. The second-order valence-electron chi connectivity index (χ2n) is 9.25. The Morgan fingerprint density at radius 1 is 1.25 bits per heavy atom. The van der Waals surface area contributed by atoms with Crippen molar-refractivity contribution in [3.8, 4) is 0 Å². The van der Waals surface area contributed by atoms with Gasteiger partial charge in [-0.1, -0.05) is 20.8 Å². The number of amides is 1. The number of fused-ring (bicyclic) bond motifs is 1. The second-order valence-corrected chi connectivity index (χ2v) is 9.25. The van der Waals surface area contributed by atoms with Gasteiger partial charge in [-0.15, -0.1) is 0 Å². The van der Waals surface area contributed by atoms with Crippen molar-refractivity contribution in [2.45, 2.75) is 59.9 Å². The highest BCUT2D eigenvalue weighted by Gasteiger charge is 2.38. The van der Waals surface area contributed by atoms with Crippen molar-refractivity contribution in [2.75, 3.05) is 13.1 Å². The molecule has 28 heavy (non-hydrogen) atoms. The van der Waals surface area contributed by atoms with Crippen molar-refractivity contribution in [3.63, 3.8) is 0 Å². The highest BCUT2D eigenvalue weighted by Crippen LogP contribution is 2.31. The van der Waals surface area contributed by atoms with E-state index in [1.54, 1.807) is 4.90 Å². The van der Waals surface area contributed by atoms with Crippen LogP contribution in [0, 0.1) is 18.8 Å². The van der Waals surface area contributed by atoms with Gasteiger partial charge in [-0.3, -0.25) is 9.59 Å². The summed E-state index contributed by atoms with van der Waals surface area (Å²) in [5, 5.41) is 14.9. The van der Waals surface area contributed by atoms with Gasteiger partial charge in [0, 0.05) is 18.8 Å². The molecule has 0 saturated carbocycles. The van der Waals surface area contributed by atoms with E-state index in [0.29, 0.717) is 17.8 Å². The van der Waals surface area contributed by atoms with Crippen molar-refractivity contribution in [3.05, 3.63) is 23.0 Å². The number of hydrogen-bond acceptors (Lipinski definition) is 4. The molecule has 0 bridgehead atoms. The summed E-state index contributed by atoms with van der Waals surface area (Å²) in [4.78, 5) is 31.4. The summed E-state index contributed by atoms with van der Waals surface area (Å²) in [7, 11) is 0. The van der Waals surface area contributed by atoms with Crippen molar-refractivity contribution in [1.29, 1.82) is 0 Å². The summed E-state index contributed by atoms with van der Waals surface area (Å²) < 4.78 is 1.88. The molecule has 1 N–H and O–H groups in total. The first-order valence-corrected chi connectivity index (χ1v) is 9.84. The summed E-state index contributed by atoms with van der Waals surface area (Å²) in [5.74, 6) is -1.42. The van der Waals surface area contributed by atoms with Gasteiger partial charge in [0.05, 0.1) is 28.1 Å². The molecule has 3 heterocycles. The topological polar surface area (TPSA) is 88.3 Å². The fourth-order valence-electron chi connectivity index (χ4n) is 3.86. The number of nitrogens with zero attached hydrogens (tertiary/aromatic N) is 4. The number of pyridine rings is 1. The minimum atomic E-state index is -0.845. The zero-order chi connectivity index (χ0) is 21.0. The molecule has 2 aromatic rings. The third kappa shape index (κ3) is 3.38. The van der Waals surface area contributed by atoms with E-state index < -0.39 is 11.9 Å². The molecule has 7 nitrogen and oxygen atoms in total. The molecule has 1 aliphatic heterocycles. The number of likely N-dealkylation sites (tertiary alicyclic amines) is 1. The van der Waals surface area contributed by atoms with Gasteiger partial charge in [0.25, 0.3) is 5.91 Å². The van der Waals surface area contributed by atoms with E-state index in [-0.39, 0.29) is 29.8 Å². The Morgan fingerprint density at radius 3 is 2.39 bits per heavy atom. The summed E-state index contributed by atoms with van der Waals surface area (Å²) >= 11 is 0. The Kier molecular flexibility index (Phi) is 4.98. The van der Waals surface area contributed by atoms with Gasteiger partial charge >= 0.3 is 5.97 Å². The van der Waals surface area contributed by atoms with Crippen LogP contribution < -0.4 is 0 Å². The third-order valence-corrected chi connectivity index (χ3v) is 5.51. The lowest BCUT2D eigenvalue weighted by Crippen LogP contribution is -2.30. The number of rotatable bonds is 3. The lowest BCUT2D eigenvalue weighted by molar-refractivity contribution is -0.142. The van der Waals surface area contributed by atoms with Gasteiger partial charge < -0.3 is 10.0 Å². The molecule has 1 aliphatic rings. The van der Waals surface area contributed by atoms with E-state index in [9.17, 15) is 14.7 Å². The van der Waals surface area contributed by atoms with Crippen LogP contribution in [0.4, 0.5) is 0 Å². The van der Waals surface area contributed by atoms with Crippen LogP contribution in [0.1, 0.15) is 69.2 Å². The zero-order valence-corrected chi connectivity index (χ0v) is 17.8. The number of aromatic nitrogens is 3. The number of carboxylic acids is 1. The molecule has 3 rings (SSSR count). The van der Waals surface area contributed by atoms with E-state index in [2.05, 4.69) is 25.9 Å². The number of aryl methyl sites for hydroxylation is 1. The van der Waals surface area contributed by atoms with Gasteiger partial charge in [-0.25, -0.2) is 9.67 Å². The van der Waals surface area contributed by atoms with Crippen LogP contribution in [0.25, 0.3) is 11.0 Å². The Hall–Kier alpha value is -2.44. The molecule has 0 aliphatic carbocycles. The van der Waals surface area contributed by atoms with Crippen LogP contribution in [0.2, 0.25) is 0 Å². The van der Waals surface area contributed by atoms with Crippen molar-refractivity contribution < 1.29 is 14.7 Å². The summed E-state index contributed by atoms with van der Waals surface area (Å²) in [5.41, 5.74) is 2.61. The quantitative estimate of drug-likeness (QED) is 0.873. The summed E-state index contributed by atoms with van der Waals surface area (Å²) in [6, 6.07) is 1.86. The summed E-state index contributed by atoms with van der Waals surface area (Å²) in [6.07, 6.45) is 0. The lowest BCUT2D eigenvalue weighted by Gasteiger charge is -2.21. The van der Waals surface area contributed by atoms with Gasteiger partial charge in [-0.05, 0) is 45.6 Å². The number of hydrogen-bond donors (Lipinski definition) is 1. The molecular formula is C21H30N4O3. The van der Waals surface area contributed by atoms with Crippen LogP contribution >= 0.6 is 0 Å². The molecule has 0 unspecified atom stereocenters. The maximum Gasteiger partial charge on any atom is 0.308 e. The Balaban J connectivity index is 2.16. The van der Waals surface area contributed by atoms with Crippen molar-refractivity contribution in [2.24, 2.45) is 11.8 Å². The lowest BCUT2D eigenvalue weighted by atomic mass is 9.99. The van der Waals surface area contributed by atoms with Crippen LogP contribution in [-0.2, 0) is 10.3 Å². The van der Waals surface area contributed by atoms with E-state index in [4.69, 9.17) is 4.98 Å². The number of aliphatic carboxylic acids is 1. The predicted molar refractivity (Wildman–Crippen MR) is 108 cm³/mol. The molecule has 7 heteroatoms. The van der Waals surface area contributed by atoms with Crippen LogP contribution in [0.5, 0.6) is 0 Å². The van der Waals surface area contributed by atoms with Crippen molar-refractivity contribution >= 4 is 22.9 Å². The molecule has 2 atom stereocenters. The van der Waals surface area contributed by atoms with Crippen molar-refractivity contribution in [1.82, 2.24) is 19.7 Å². The predicted octanol–water partition coefficient (Wildman–Crippen LogP) is 3.41. The maximum absolute atomic E-state index is 13.4. The second kappa shape index (κ2) is 6.87. The molecule has 1 amide bonds. The normalized spacial score (nSPS) is 20.4. The van der Waals surface area contributed by atoms with E-state index in [1.807, 2.05) is 38.4 Å². The minimum absolute atomic E-state index is 0.0678. The van der Waals surface area contributed by atoms with E-state index >= 15 is 0 Å². The number of carbonyl (C=O) groups is 2. The van der Waals surface area contributed by atoms with E-state index in [1.165, 1.54) is 0 Å². The average Bonchev–Trinajstić information content (AvgIpc) is 3.14. The highest BCUT2D eigenvalue weighted by atomic mass is 16.4. The molecular weight excluding hydrogens is 356 g/mol.